The van der Waals surface area contributed by atoms with Gasteiger partial charge in [0.1, 0.15) is 11.5 Å². The molecule has 0 heterocycles. The topological polar surface area (TPSA) is 49.8 Å². The van der Waals surface area contributed by atoms with Gasteiger partial charge in [0, 0.05) is 12.6 Å². The number of rotatable bonds is 5. The highest BCUT2D eigenvalue weighted by atomic mass is 16.5. The summed E-state index contributed by atoms with van der Waals surface area (Å²) in [7, 11) is 1.54. The van der Waals surface area contributed by atoms with E-state index in [1.165, 1.54) is 13.2 Å². The average Bonchev–Trinajstić information content (AvgIpc) is 2.35. The van der Waals surface area contributed by atoms with Gasteiger partial charge in [-0.25, -0.2) is 0 Å². The Kier molecular flexibility index (Phi) is 5.21. The van der Waals surface area contributed by atoms with Crippen molar-refractivity contribution >= 4 is 5.91 Å². The van der Waals surface area contributed by atoms with Gasteiger partial charge in [0.15, 0.2) is 0 Å². The predicted molar refractivity (Wildman–Crippen MR) is 75.7 cm³/mol. The van der Waals surface area contributed by atoms with Crippen LogP contribution in [0.4, 0.5) is 0 Å². The molecule has 1 N–H and O–H groups in total. The highest BCUT2D eigenvalue weighted by molar-refractivity contribution is 5.97. The lowest BCUT2D eigenvalue weighted by atomic mass is 10.1. The molecule has 0 fully saturated rings. The maximum absolute atomic E-state index is 12.5. The Balaban J connectivity index is 3.08. The van der Waals surface area contributed by atoms with E-state index in [1.807, 2.05) is 13.8 Å². The Morgan fingerprint density at radius 1 is 1.32 bits per heavy atom. The third kappa shape index (κ3) is 3.88. The summed E-state index contributed by atoms with van der Waals surface area (Å²) in [6, 6.07) is 4.78. The zero-order chi connectivity index (χ0) is 14.6. The molecule has 0 spiro atoms. The number of ether oxygens (including phenoxy) is 1. The smallest absolute Gasteiger partial charge is 0.257 e. The van der Waals surface area contributed by atoms with Gasteiger partial charge in [-0.15, -0.1) is 0 Å². The number of amides is 1. The van der Waals surface area contributed by atoms with Crippen LogP contribution in [-0.2, 0) is 0 Å². The van der Waals surface area contributed by atoms with Gasteiger partial charge in [0.05, 0.1) is 12.7 Å². The first-order chi connectivity index (χ1) is 8.86. The molecule has 19 heavy (non-hydrogen) atoms. The first-order valence-electron chi connectivity index (χ1n) is 6.54. The second-order valence-electron chi connectivity index (χ2n) is 5.33. The molecule has 4 heteroatoms. The van der Waals surface area contributed by atoms with E-state index >= 15 is 0 Å². The molecule has 4 nitrogen and oxygen atoms in total. The van der Waals surface area contributed by atoms with Crippen LogP contribution in [0.2, 0.25) is 0 Å². The Hall–Kier alpha value is -1.71. The predicted octanol–water partition coefficient (Wildman–Crippen LogP) is 2.91. The maximum atomic E-state index is 12.5. The summed E-state index contributed by atoms with van der Waals surface area (Å²) in [5, 5.41) is 9.86. The van der Waals surface area contributed by atoms with Crippen molar-refractivity contribution < 1.29 is 14.6 Å². The normalized spacial score (nSPS) is 10.9. The van der Waals surface area contributed by atoms with Crippen LogP contribution in [0.5, 0.6) is 11.5 Å². The second kappa shape index (κ2) is 6.45. The summed E-state index contributed by atoms with van der Waals surface area (Å²) in [6.45, 7) is 8.73. The molecule has 0 unspecified atom stereocenters. The van der Waals surface area contributed by atoms with E-state index in [-0.39, 0.29) is 23.3 Å². The molecule has 106 valence electrons. The van der Waals surface area contributed by atoms with E-state index in [4.69, 9.17) is 4.74 Å². The summed E-state index contributed by atoms with van der Waals surface area (Å²) >= 11 is 0. The lowest BCUT2D eigenvalue weighted by Gasteiger charge is -2.29. The van der Waals surface area contributed by atoms with Gasteiger partial charge >= 0.3 is 0 Å². The zero-order valence-corrected chi connectivity index (χ0v) is 12.3. The Bertz CT molecular complexity index is 441. The molecule has 0 aliphatic heterocycles. The molecular weight excluding hydrogens is 242 g/mol. The van der Waals surface area contributed by atoms with Crippen LogP contribution in [0, 0.1) is 5.92 Å². The molecule has 0 aromatic heterocycles. The standard InChI is InChI=1S/C15H23NO3/c1-10(2)9-16(11(3)4)15(18)13-8-12(19-5)6-7-14(13)17/h6-8,10-11,17H,9H2,1-5H3. The fraction of sp³-hybridized carbons (Fsp3) is 0.533. The van der Waals surface area contributed by atoms with E-state index in [0.29, 0.717) is 18.2 Å². The molecule has 0 aliphatic rings. The molecule has 0 bridgehead atoms. The molecule has 0 atom stereocenters. The van der Waals surface area contributed by atoms with Crippen LogP contribution in [0.3, 0.4) is 0 Å². The van der Waals surface area contributed by atoms with Crippen molar-refractivity contribution in [1.82, 2.24) is 4.90 Å². The molecule has 0 aliphatic carbocycles. The van der Waals surface area contributed by atoms with Gasteiger partial charge in [0.25, 0.3) is 5.91 Å². The molecule has 0 saturated carbocycles. The second-order valence-corrected chi connectivity index (χ2v) is 5.33. The fourth-order valence-electron chi connectivity index (χ4n) is 1.89. The minimum Gasteiger partial charge on any atom is -0.507 e. The van der Waals surface area contributed by atoms with Crippen LogP contribution in [0.15, 0.2) is 18.2 Å². The van der Waals surface area contributed by atoms with E-state index in [9.17, 15) is 9.90 Å². The van der Waals surface area contributed by atoms with Crippen molar-refractivity contribution in [3.8, 4) is 11.5 Å². The quantitative estimate of drug-likeness (QED) is 0.890. The summed E-state index contributed by atoms with van der Waals surface area (Å²) in [5.74, 6) is 0.758. The third-order valence-electron chi connectivity index (χ3n) is 2.88. The highest BCUT2D eigenvalue weighted by Crippen LogP contribution is 2.25. The lowest BCUT2D eigenvalue weighted by molar-refractivity contribution is 0.0678. The number of methoxy groups -OCH3 is 1. The summed E-state index contributed by atoms with van der Waals surface area (Å²) in [5.41, 5.74) is 0.286. The van der Waals surface area contributed by atoms with E-state index in [2.05, 4.69) is 13.8 Å². The van der Waals surface area contributed by atoms with Crippen molar-refractivity contribution in [2.75, 3.05) is 13.7 Å². The fourth-order valence-corrected chi connectivity index (χ4v) is 1.89. The van der Waals surface area contributed by atoms with E-state index in [1.54, 1.807) is 17.0 Å². The van der Waals surface area contributed by atoms with Crippen molar-refractivity contribution in [2.24, 2.45) is 5.92 Å². The highest BCUT2D eigenvalue weighted by Gasteiger charge is 2.22. The number of hydrogen-bond acceptors (Lipinski definition) is 3. The Morgan fingerprint density at radius 3 is 2.42 bits per heavy atom. The number of carbonyl (C=O) groups is 1. The van der Waals surface area contributed by atoms with Gasteiger partial charge in [-0.3, -0.25) is 4.79 Å². The number of nitrogens with zero attached hydrogens (tertiary/aromatic N) is 1. The lowest BCUT2D eigenvalue weighted by Crippen LogP contribution is -2.39. The molecule has 0 saturated heterocycles. The minimum absolute atomic E-state index is 0.0137. The first-order valence-corrected chi connectivity index (χ1v) is 6.54. The van der Waals surface area contributed by atoms with Crippen molar-refractivity contribution in [3.05, 3.63) is 23.8 Å². The van der Waals surface area contributed by atoms with Gasteiger partial charge in [-0.05, 0) is 38.0 Å². The van der Waals surface area contributed by atoms with Crippen LogP contribution in [0.25, 0.3) is 0 Å². The summed E-state index contributed by atoms with van der Waals surface area (Å²) < 4.78 is 5.10. The number of phenols is 1. The van der Waals surface area contributed by atoms with Crippen LogP contribution < -0.4 is 4.74 Å². The number of benzene rings is 1. The number of aromatic hydroxyl groups is 1. The summed E-state index contributed by atoms with van der Waals surface area (Å²) in [4.78, 5) is 14.3. The van der Waals surface area contributed by atoms with Crippen LogP contribution in [-0.4, -0.2) is 35.6 Å². The van der Waals surface area contributed by atoms with E-state index < -0.39 is 0 Å². The first kappa shape index (κ1) is 15.3. The number of hydrogen-bond donors (Lipinski definition) is 1. The van der Waals surface area contributed by atoms with Crippen LogP contribution in [0.1, 0.15) is 38.1 Å². The largest absolute Gasteiger partial charge is 0.507 e. The van der Waals surface area contributed by atoms with Gasteiger partial charge in [-0.2, -0.15) is 0 Å². The third-order valence-corrected chi connectivity index (χ3v) is 2.88. The van der Waals surface area contributed by atoms with Crippen molar-refractivity contribution in [2.45, 2.75) is 33.7 Å². The minimum atomic E-state index is -0.167. The Labute approximate surface area is 115 Å². The van der Waals surface area contributed by atoms with Crippen molar-refractivity contribution in [3.63, 3.8) is 0 Å². The Morgan fingerprint density at radius 2 is 1.95 bits per heavy atom. The molecule has 1 amide bonds. The SMILES string of the molecule is COc1ccc(O)c(C(=O)N(CC(C)C)C(C)C)c1. The van der Waals surface area contributed by atoms with Gasteiger partial charge in [0.2, 0.25) is 0 Å². The zero-order valence-electron chi connectivity index (χ0n) is 12.3. The molecule has 0 radical (unpaired) electrons. The van der Waals surface area contributed by atoms with Gasteiger partial charge < -0.3 is 14.7 Å². The van der Waals surface area contributed by atoms with Crippen molar-refractivity contribution in [1.29, 1.82) is 0 Å². The molecule has 1 aromatic rings. The molecule has 1 rings (SSSR count). The monoisotopic (exact) mass is 265 g/mol. The average molecular weight is 265 g/mol. The van der Waals surface area contributed by atoms with E-state index in [0.717, 1.165) is 0 Å². The number of phenolic OH excluding ortho intramolecular Hbond substituents is 1. The van der Waals surface area contributed by atoms with Crippen LogP contribution >= 0.6 is 0 Å². The summed E-state index contributed by atoms with van der Waals surface area (Å²) in [6.07, 6.45) is 0. The molecular formula is C15H23NO3. The maximum Gasteiger partial charge on any atom is 0.257 e. The number of carbonyl (C=O) groups excluding carboxylic acids is 1. The van der Waals surface area contributed by atoms with Gasteiger partial charge in [-0.1, -0.05) is 13.8 Å². The molecule has 1 aromatic carbocycles.